The summed E-state index contributed by atoms with van der Waals surface area (Å²) in [7, 11) is 0. The normalized spacial score (nSPS) is 14.6. The van der Waals surface area contributed by atoms with Crippen LogP contribution in [0.4, 0.5) is 0 Å². The number of carbonyl (C=O) groups is 2. The van der Waals surface area contributed by atoms with E-state index in [1.54, 1.807) is 17.3 Å². The third-order valence-corrected chi connectivity index (χ3v) is 5.27. The summed E-state index contributed by atoms with van der Waals surface area (Å²) in [5.41, 5.74) is 2.46. The van der Waals surface area contributed by atoms with Crippen molar-refractivity contribution in [1.82, 2.24) is 24.6 Å². The number of hydrogen-bond acceptors (Lipinski definition) is 4. The number of aromatic nitrogens is 3. The van der Waals surface area contributed by atoms with Crippen LogP contribution in [-0.2, 0) is 11.3 Å². The third kappa shape index (κ3) is 3.99. The molecule has 4 rings (SSSR count). The van der Waals surface area contributed by atoms with Crippen molar-refractivity contribution in [3.05, 3.63) is 59.9 Å². The minimum atomic E-state index is -0.0492. The van der Waals surface area contributed by atoms with Crippen LogP contribution in [0.15, 0.2) is 48.8 Å². The van der Waals surface area contributed by atoms with E-state index in [1.807, 2.05) is 47.7 Å². The van der Waals surface area contributed by atoms with Gasteiger partial charge in [-0.2, -0.15) is 5.10 Å². The molecule has 1 saturated heterocycles. The van der Waals surface area contributed by atoms with Gasteiger partial charge >= 0.3 is 0 Å². The van der Waals surface area contributed by atoms with Gasteiger partial charge in [0.05, 0.1) is 18.3 Å². The highest BCUT2D eigenvalue weighted by molar-refractivity contribution is 5.97. The summed E-state index contributed by atoms with van der Waals surface area (Å²) in [5, 5.41) is 5.28. The molecule has 0 aliphatic carbocycles. The molecule has 1 aliphatic heterocycles. The van der Waals surface area contributed by atoms with Crippen molar-refractivity contribution >= 4 is 22.8 Å². The van der Waals surface area contributed by atoms with E-state index in [0.717, 1.165) is 16.6 Å². The molecule has 7 nitrogen and oxygen atoms in total. The molecule has 0 bridgehead atoms. The molecule has 0 spiro atoms. The molecular weight excluding hydrogens is 366 g/mol. The van der Waals surface area contributed by atoms with Gasteiger partial charge in [0.1, 0.15) is 0 Å². The summed E-state index contributed by atoms with van der Waals surface area (Å²) < 4.78 is 1.84. The summed E-state index contributed by atoms with van der Waals surface area (Å²) >= 11 is 0. The maximum Gasteiger partial charge on any atom is 0.255 e. The highest BCUT2D eigenvalue weighted by Crippen LogP contribution is 2.17. The van der Waals surface area contributed by atoms with Crippen LogP contribution >= 0.6 is 0 Å². The van der Waals surface area contributed by atoms with Crippen molar-refractivity contribution < 1.29 is 9.59 Å². The molecule has 0 saturated carbocycles. The lowest BCUT2D eigenvalue weighted by Crippen LogP contribution is -2.51. The van der Waals surface area contributed by atoms with E-state index in [9.17, 15) is 9.59 Å². The Labute approximate surface area is 169 Å². The molecule has 0 radical (unpaired) electrons. The predicted molar refractivity (Wildman–Crippen MR) is 110 cm³/mol. The Morgan fingerprint density at radius 2 is 1.69 bits per heavy atom. The molecule has 2 aromatic heterocycles. The van der Waals surface area contributed by atoms with Gasteiger partial charge in [-0.15, -0.1) is 0 Å². The minimum absolute atomic E-state index is 0.0173. The Balaban J connectivity index is 1.46. The summed E-state index contributed by atoms with van der Waals surface area (Å²) in [6, 6.07) is 11.9. The van der Waals surface area contributed by atoms with Crippen LogP contribution in [0.2, 0.25) is 0 Å². The summed E-state index contributed by atoms with van der Waals surface area (Å²) in [4.78, 5) is 33.2. The van der Waals surface area contributed by atoms with Crippen molar-refractivity contribution in [1.29, 1.82) is 0 Å². The van der Waals surface area contributed by atoms with Gasteiger partial charge in [-0.1, -0.05) is 44.2 Å². The second-order valence-electron chi connectivity index (χ2n) is 7.70. The number of piperazine rings is 1. The van der Waals surface area contributed by atoms with Crippen molar-refractivity contribution in [2.45, 2.75) is 20.4 Å². The number of fused-ring (bicyclic) bond motifs is 1. The average molecular weight is 391 g/mol. The van der Waals surface area contributed by atoms with Crippen LogP contribution in [0.1, 0.15) is 29.8 Å². The van der Waals surface area contributed by atoms with Crippen molar-refractivity contribution in [3.63, 3.8) is 0 Å². The maximum absolute atomic E-state index is 12.9. The number of amides is 2. The number of nitrogens with zero attached hydrogens (tertiary/aromatic N) is 5. The van der Waals surface area contributed by atoms with Gasteiger partial charge in [-0.3, -0.25) is 9.59 Å². The molecule has 150 valence electrons. The lowest BCUT2D eigenvalue weighted by Gasteiger charge is -2.35. The molecule has 1 fully saturated rings. The highest BCUT2D eigenvalue weighted by Gasteiger charge is 2.26. The van der Waals surface area contributed by atoms with Gasteiger partial charge in [-0.25, -0.2) is 9.67 Å². The number of hydrogen-bond donors (Lipinski definition) is 0. The monoisotopic (exact) mass is 391 g/mol. The fraction of sp³-hybridized carbons (Fsp3) is 0.364. The second-order valence-corrected chi connectivity index (χ2v) is 7.70. The smallest absolute Gasteiger partial charge is 0.255 e. The zero-order valence-electron chi connectivity index (χ0n) is 16.8. The summed E-state index contributed by atoms with van der Waals surface area (Å²) in [6.45, 7) is 6.68. The Morgan fingerprint density at radius 3 is 2.38 bits per heavy atom. The first-order valence-corrected chi connectivity index (χ1v) is 9.96. The Bertz CT molecular complexity index is 1020. The van der Waals surface area contributed by atoms with Crippen LogP contribution in [-0.4, -0.2) is 62.6 Å². The molecular formula is C22H25N5O2. The average Bonchev–Trinajstić information content (AvgIpc) is 3.15. The SMILES string of the molecule is CC(C)C(=O)N1CCN(C(=O)c2cnc3c(cnn3Cc3ccccc3)c2)CC1. The van der Waals surface area contributed by atoms with Crippen LogP contribution in [0, 0.1) is 5.92 Å². The van der Waals surface area contributed by atoms with E-state index in [4.69, 9.17) is 0 Å². The Hall–Kier alpha value is -3.22. The molecule has 1 aromatic carbocycles. The first kappa shape index (κ1) is 19.1. The van der Waals surface area contributed by atoms with Gasteiger partial charge in [-0.05, 0) is 11.6 Å². The molecule has 0 unspecified atom stereocenters. The maximum atomic E-state index is 12.9. The first-order chi connectivity index (χ1) is 14.0. The standard InChI is InChI=1S/C22H25N5O2/c1-16(2)21(28)25-8-10-26(11-9-25)22(29)19-12-18-14-24-27(20(18)23-13-19)15-17-6-4-3-5-7-17/h3-7,12-14,16H,8-11,15H2,1-2H3. The van der Waals surface area contributed by atoms with Crippen molar-refractivity contribution in [2.75, 3.05) is 26.2 Å². The lowest BCUT2D eigenvalue weighted by atomic mass is 10.1. The molecule has 7 heteroatoms. The lowest BCUT2D eigenvalue weighted by molar-refractivity contribution is -0.135. The topological polar surface area (TPSA) is 71.3 Å². The minimum Gasteiger partial charge on any atom is -0.339 e. The fourth-order valence-electron chi connectivity index (χ4n) is 3.64. The number of carbonyl (C=O) groups excluding carboxylic acids is 2. The fourth-order valence-corrected chi connectivity index (χ4v) is 3.64. The first-order valence-electron chi connectivity index (χ1n) is 9.96. The Kier molecular flexibility index (Phi) is 5.29. The van der Waals surface area contributed by atoms with E-state index in [1.165, 1.54) is 0 Å². The van der Waals surface area contributed by atoms with Crippen LogP contribution < -0.4 is 0 Å². The van der Waals surface area contributed by atoms with Gasteiger partial charge in [0, 0.05) is 43.7 Å². The number of benzene rings is 1. The van der Waals surface area contributed by atoms with E-state index in [2.05, 4.69) is 22.2 Å². The van der Waals surface area contributed by atoms with E-state index in [0.29, 0.717) is 38.3 Å². The third-order valence-electron chi connectivity index (χ3n) is 5.27. The van der Waals surface area contributed by atoms with Crippen molar-refractivity contribution in [3.8, 4) is 0 Å². The molecule has 0 atom stereocenters. The van der Waals surface area contributed by atoms with E-state index < -0.39 is 0 Å². The second kappa shape index (κ2) is 8.03. The summed E-state index contributed by atoms with van der Waals surface area (Å²) in [5.74, 6) is 0.0779. The zero-order chi connectivity index (χ0) is 20.4. The molecule has 0 N–H and O–H groups in total. The van der Waals surface area contributed by atoms with Crippen LogP contribution in [0.5, 0.6) is 0 Å². The van der Waals surface area contributed by atoms with Gasteiger partial charge in [0.25, 0.3) is 5.91 Å². The highest BCUT2D eigenvalue weighted by atomic mass is 16.2. The van der Waals surface area contributed by atoms with Crippen LogP contribution in [0.3, 0.4) is 0 Å². The Morgan fingerprint density at radius 1 is 1.00 bits per heavy atom. The van der Waals surface area contributed by atoms with Gasteiger partial charge in [0.2, 0.25) is 5.91 Å². The quantitative estimate of drug-likeness (QED) is 0.685. The molecule has 1 aliphatic rings. The summed E-state index contributed by atoms with van der Waals surface area (Å²) in [6.07, 6.45) is 3.38. The molecule has 3 aromatic rings. The van der Waals surface area contributed by atoms with E-state index >= 15 is 0 Å². The number of pyridine rings is 1. The molecule has 2 amide bonds. The molecule has 29 heavy (non-hydrogen) atoms. The van der Waals surface area contributed by atoms with E-state index in [-0.39, 0.29) is 17.7 Å². The predicted octanol–water partition coefficient (Wildman–Crippen LogP) is 2.42. The van der Waals surface area contributed by atoms with Gasteiger partial charge < -0.3 is 9.80 Å². The zero-order valence-corrected chi connectivity index (χ0v) is 16.8. The van der Waals surface area contributed by atoms with Crippen LogP contribution in [0.25, 0.3) is 11.0 Å². The van der Waals surface area contributed by atoms with Gasteiger partial charge in [0.15, 0.2) is 5.65 Å². The molecule has 3 heterocycles. The number of rotatable bonds is 4. The van der Waals surface area contributed by atoms with Crippen molar-refractivity contribution in [2.24, 2.45) is 5.92 Å². The largest absolute Gasteiger partial charge is 0.339 e.